The van der Waals surface area contributed by atoms with E-state index in [0.717, 1.165) is 49.3 Å². The molecule has 7 heteroatoms. The average molecular weight is 367 g/mol. The van der Waals surface area contributed by atoms with Crippen molar-refractivity contribution in [1.82, 2.24) is 9.88 Å². The Morgan fingerprint density at radius 3 is 2.48 bits per heavy atom. The monoisotopic (exact) mass is 367 g/mol. The van der Waals surface area contributed by atoms with Gasteiger partial charge in [0.25, 0.3) is 0 Å². The smallest absolute Gasteiger partial charge is 0.244 e. The molecule has 2 saturated carbocycles. The molecule has 1 aromatic carbocycles. The largest absolute Gasteiger partial charge is 0.440 e. The van der Waals surface area contributed by atoms with Gasteiger partial charge in [-0.15, -0.1) is 0 Å². The molecule has 2 aromatic rings. The van der Waals surface area contributed by atoms with Gasteiger partial charge in [-0.1, -0.05) is 12.8 Å². The second kappa shape index (κ2) is 6.18. The van der Waals surface area contributed by atoms with E-state index in [2.05, 4.69) is 10.3 Å². The molecule has 7 nitrogen and oxygen atoms in total. The van der Waals surface area contributed by atoms with Gasteiger partial charge in [-0.05, 0) is 43.9 Å². The maximum atomic E-state index is 12.5. The number of imide groups is 1. The lowest BCUT2D eigenvalue weighted by Gasteiger charge is -2.19. The Morgan fingerprint density at radius 1 is 1.11 bits per heavy atom. The lowest BCUT2D eigenvalue weighted by molar-refractivity contribution is -0.142. The number of anilines is 1. The Kier molecular flexibility index (Phi) is 3.77. The minimum atomic E-state index is -0.374. The standard InChI is InChI=1S/C20H21N3O4/c24-17(10-23-19(25)13-3-1-2-4-14(13)20(23)26)21-12-7-8-16-15(9-12)22-18(27-16)11-5-6-11/h7-9,11,13-14H,1-6,10H2,(H,21,24)/t13-,14+. The third-order valence-corrected chi connectivity index (χ3v) is 5.85. The minimum absolute atomic E-state index is 0.194. The number of carbonyl (C=O) groups is 3. The van der Waals surface area contributed by atoms with Crippen LogP contribution < -0.4 is 5.32 Å². The van der Waals surface area contributed by atoms with Crippen LogP contribution in [0, 0.1) is 11.8 Å². The van der Waals surface area contributed by atoms with Crippen molar-refractivity contribution in [3.63, 3.8) is 0 Å². The lowest BCUT2D eigenvalue weighted by Crippen LogP contribution is -2.38. The second-order valence-corrected chi connectivity index (χ2v) is 7.82. The fourth-order valence-corrected chi connectivity index (χ4v) is 4.26. The molecule has 3 fully saturated rings. The summed E-state index contributed by atoms with van der Waals surface area (Å²) >= 11 is 0. The maximum absolute atomic E-state index is 12.5. The van der Waals surface area contributed by atoms with Crippen molar-refractivity contribution in [3.8, 4) is 0 Å². The van der Waals surface area contributed by atoms with Crippen LogP contribution in [0.2, 0.25) is 0 Å². The van der Waals surface area contributed by atoms with Crippen LogP contribution in [0.1, 0.15) is 50.3 Å². The molecule has 0 bridgehead atoms. The number of carbonyl (C=O) groups excluding carboxylic acids is 3. The molecule has 2 atom stereocenters. The highest BCUT2D eigenvalue weighted by molar-refractivity contribution is 6.08. The summed E-state index contributed by atoms with van der Waals surface area (Å²) in [6.45, 7) is -0.227. The molecule has 0 radical (unpaired) electrons. The average Bonchev–Trinajstić information content (AvgIpc) is 3.39. The first kappa shape index (κ1) is 16.5. The molecule has 3 amide bonds. The van der Waals surface area contributed by atoms with E-state index >= 15 is 0 Å². The van der Waals surface area contributed by atoms with Crippen molar-refractivity contribution < 1.29 is 18.8 Å². The SMILES string of the molecule is O=C(CN1C(=O)[C@H]2CCCC[C@H]2C1=O)Nc1ccc2oc(C3CC3)nc2c1. The molecule has 1 saturated heterocycles. The molecule has 0 unspecified atom stereocenters. The molecule has 5 rings (SSSR count). The molecule has 140 valence electrons. The van der Waals surface area contributed by atoms with Crippen LogP contribution in [0.3, 0.4) is 0 Å². The number of nitrogens with one attached hydrogen (secondary N) is 1. The molecule has 1 aromatic heterocycles. The van der Waals surface area contributed by atoms with Gasteiger partial charge in [-0.25, -0.2) is 4.98 Å². The first-order valence-corrected chi connectivity index (χ1v) is 9.66. The topological polar surface area (TPSA) is 92.5 Å². The van der Waals surface area contributed by atoms with Crippen LogP contribution in [0.25, 0.3) is 11.1 Å². The van der Waals surface area contributed by atoms with Gasteiger partial charge in [0.1, 0.15) is 12.1 Å². The van der Waals surface area contributed by atoms with Gasteiger partial charge in [0.15, 0.2) is 11.5 Å². The number of hydrogen-bond acceptors (Lipinski definition) is 5. The Labute approximate surface area is 156 Å². The van der Waals surface area contributed by atoms with Gasteiger partial charge in [0.2, 0.25) is 17.7 Å². The third kappa shape index (κ3) is 2.91. The van der Waals surface area contributed by atoms with E-state index in [1.807, 2.05) is 0 Å². The van der Waals surface area contributed by atoms with Crippen LogP contribution in [0.5, 0.6) is 0 Å². The molecule has 0 spiro atoms. The van der Waals surface area contributed by atoms with Crippen molar-refractivity contribution in [1.29, 1.82) is 0 Å². The van der Waals surface area contributed by atoms with E-state index in [1.165, 1.54) is 0 Å². The molecule has 3 aliphatic rings. The van der Waals surface area contributed by atoms with Gasteiger partial charge < -0.3 is 9.73 Å². The number of aromatic nitrogens is 1. The van der Waals surface area contributed by atoms with E-state index in [-0.39, 0.29) is 36.1 Å². The number of likely N-dealkylation sites (tertiary alicyclic amines) is 1. The number of fused-ring (bicyclic) bond motifs is 2. The Balaban J connectivity index is 1.28. The summed E-state index contributed by atoms with van der Waals surface area (Å²) in [5.74, 6) is -0.0457. The molecular formula is C20H21N3O4. The number of benzene rings is 1. The van der Waals surface area contributed by atoms with Crippen LogP contribution in [-0.2, 0) is 14.4 Å². The van der Waals surface area contributed by atoms with Gasteiger partial charge in [0.05, 0.1) is 11.8 Å². The van der Waals surface area contributed by atoms with Crippen LogP contribution in [0.4, 0.5) is 5.69 Å². The maximum Gasteiger partial charge on any atom is 0.244 e. The van der Waals surface area contributed by atoms with Crippen molar-refractivity contribution in [3.05, 3.63) is 24.1 Å². The van der Waals surface area contributed by atoms with E-state index < -0.39 is 0 Å². The number of rotatable bonds is 4. The van der Waals surface area contributed by atoms with E-state index in [4.69, 9.17) is 4.42 Å². The zero-order valence-corrected chi connectivity index (χ0v) is 14.9. The zero-order valence-electron chi connectivity index (χ0n) is 14.9. The minimum Gasteiger partial charge on any atom is -0.440 e. The second-order valence-electron chi connectivity index (χ2n) is 7.82. The normalized spacial score (nSPS) is 25.1. The fourth-order valence-electron chi connectivity index (χ4n) is 4.26. The van der Waals surface area contributed by atoms with Crippen molar-refractivity contribution in [2.45, 2.75) is 44.4 Å². The van der Waals surface area contributed by atoms with Crippen molar-refractivity contribution in [2.75, 3.05) is 11.9 Å². The lowest BCUT2D eigenvalue weighted by atomic mass is 9.81. The van der Waals surface area contributed by atoms with Gasteiger partial charge in [0, 0.05) is 11.6 Å². The van der Waals surface area contributed by atoms with Gasteiger partial charge >= 0.3 is 0 Å². The number of nitrogens with zero attached hydrogens (tertiary/aromatic N) is 2. The fraction of sp³-hybridized carbons (Fsp3) is 0.500. The number of hydrogen-bond donors (Lipinski definition) is 1. The molecule has 1 N–H and O–H groups in total. The van der Waals surface area contributed by atoms with Crippen molar-refractivity contribution in [2.24, 2.45) is 11.8 Å². The number of amides is 3. The quantitative estimate of drug-likeness (QED) is 0.839. The van der Waals surface area contributed by atoms with Crippen molar-refractivity contribution >= 4 is 34.5 Å². The summed E-state index contributed by atoms with van der Waals surface area (Å²) in [5, 5.41) is 2.77. The molecule has 1 aliphatic heterocycles. The summed E-state index contributed by atoms with van der Waals surface area (Å²) in [7, 11) is 0. The third-order valence-electron chi connectivity index (χ3n) is 5.85. The zero-order chi connectivity index (χ0) is 18.5. The predicted octanol–water partition coefficient (Wildman–Crippen LogP) is 2.82. The van der Waals surface area contributed by atoms with Crippen LogP contribution in [-0.4, -0.2) is 34.2 Å². The summed E-state index contributed by atoms with van der Waals surface area (Å²) in [6.07, 6.45) is 5.66. The molecular weight excluding hydrogens is 346 g/mol. The first-order valence-electron chi connectivity index (χ1n) is 9.66. The molecule has 2 heterocycles. The highest BCUT2D eigenvalue weighted by atomic mass is 16.3. The van der Waals surface area contributed by atoms with Crippen LogP contribution in [0.15, 0.2) is 22.6 Å². The Morgan fingerprint density at radius 2 is 1.81 bits per heavy atom. The van der Waals surface area contributed by atoms with E-state index in [1.54, 1.807) is 18.2 Å². The molecule has 2 aliphatic carbocycles. The highest BCUT2D eigenvalue weighted by Crippen LogP contribution is 2.41. The first-order chi connectivity index (χ1) is 13.1. The van der Waals surface area contributed by atoms with E-state index in [0.29, 0.717) is 22.7 Å². The highest BCUT2D eigenvalue weighted by Gasteiger charge is 2.48. The summed E-state index contributed by atoms with van der Waals surface area (Å²) in [6, 6.07) is 5.29. The van der Waals surface area contributed by atoms with E-state index in [9.17, 15) is 14.4 Å². The van der Waals surface area contributed by atoms with Gasteiger partial charge in [-0.2, -0.15) is 0 Å². The molecule has 27 heavy (non-hydrogen) atoms. The Bertz CT molecular complexity index is 922. The summed E-state index contributed by atoms with van der Waals surface area (Å²) in [4.78, 5) is 43.0. The summed E-state index contributed by atoms with van der Waals surface area (Å²) in [5.41, 5.74) is 1.98. The van der Waals surface area contributed by atoms with Gasteiger partial charge in [-0.3, -0.25) is 19.3 Å². The summed E-state index contributed by atoms with van der Waals surface area (Å²) < 4.78 is 5.72. The predicted molar refractivity (Wildman–Crippen MR) is 96.8 cm³/mol. The van der Waals surface area contributed by atoms with Crippen LogP contribution >= 0.6 is 0 Å². The Hall–Kier alpha value is -2.70. The number of oxazole rings is 1.